The molecule has 0 spiro atoms. The molecule has 0 aliphatic heterocycles. The average molecular weight is 258 g/mol. The molecule has 0 atom stereocenters. The molecule has 0 saturated heterocycles. The van der Waals surface area contributed by atoms with Gasteiger partial charge in [0.1, 0.15) is 24.7 Å². The SMILES string of the molecule is Cc1ccc(OCCOc2ccccc2CN)cn1. The molecular weight excluding hydrogens is 240 g/mol. The second-order valence-electron chi connectivity index (χ2n) is 4.14. The van der Waals surface area contributed by atoms with Crippen molar-refractivity contribution in [1.29, 1.82) is 0 Å². The highest BCUT2D eigenvalue weighted by molar-refractivity contribution is 5.32. The van der Waals surface area contributed by atoms with E-state index in [4.69, 9.17) is 15.2 Å². The summed E-state index contributed by atoms with van der Waals surface area (Å²) in [5.41, 5.74) is 7.61. The number of rotatable bonds is 6. The minimum Gasteiger partial charge on any atom is -0.490 e. The third-order valence-corrected chi connectivity index (χ3v) is 2.69. The van der Waals surface area contributed by atoms with Crippen molar-refractivity contribution in [3.8, 4) is 11.5 Å². The first-order valence-corrected chi connectivity index (χ1v) is 6.26. The second-order valence-corrected chi connectivity index (χ2v) is 4.14. The van der Waals surface area contributed by atoms with Gasteiger partial charge in [0.2, 0.25) is 0 Å². The molecule has 0 radical (unpaired) electrons. The van der Waals surface area contributed by atoms with E-state index < -0.39 is 0 Å². The number of aromatic nitrogens is 1. The van der Waals surface area contributed by atoms with E-state index in [1.54, 1.807) is 6.20 Å². The zero-order valence-electron chi connectivity index (χ0n) is 11.0. The van der Waals surface area contributed by atoms with E-state index in [1.807, 2.05) is 43.3 Å². The Morgan fingerprint density at radius 2 is 1.84 bits per heavy atom. The Morgan fingerprint density at radius 1 is 1.05 bits per heavy atom. The Labute approximate surface area is 113 Å². The van der Waals surface area contributed by atoms with Crippen molar-refractivity contribution in [3.63, 3.8) is 0 Å². The molecule has 2 N–H and O–H groups in total. The molecule has 19 heavy (non-hydrogen) atoms. The minimum absolute atomic E-state index is 0.471. The smallest absolute Gasteiger partial charge is 0.137 e. The number of hydrogen-bond donors (Lipinski definition) is 1. The molecule has 4 heteroatoms. The average Bonchev–Trinajstić information content (AvgIpc) is 2.46. The van der Waals surface area contributed by atoms with Crippen LogP contribution in [0.1, 0.15) is 11.3 Å². The molecule has 0 aliphatic carbocycles. The minimum atomic E-state index is 0.471. The monoisotopic (exact) mass is 258 g/mol. The summed E-state index contributed by atoms with van der Waals surface area (Å²) in [6.07, 6.45) is 1.71. The molecule has 0 unspecified atom stereocenters. The van der Waals surface area contributed by atoms with Crippen LogP contribution in [0, 0.1) is 6.92 Å². The Kier molecular flexibility index (Phi) is 4.75. The van der Waals surface area contributed by atoms with Gasteiger partial charge in [-0.15, -0.1) is 0 Å². The van der Waals surface area contributed by atoms with Crippen molar-refractivity contribution in [3.05, 3.63) is 53.9 Å². The van der Waals surface area contributed by atoms with Crippen LogP contribution < -0.4 is 15.2 Å². The molecular formula is C15H18N2O2. The highest BCUT2D eigenvalue weighted by Crippen LogP contribution is 2.17. The number of nitrogens with two attached hydrogens (primary N) is 1. The molecule has 2 aromatic rings. The number of hydrogen-bond acceptors (Lipinski definition) is 4. The zero-order chi connectivity index (χ0) is 13.5. The van der Waals surface area contributed by atoms with Gasteiger partial charge in [0, 0.05) is 17.8 Å². The van der Waals surface area contributed by atoms with E-state index in [2.05, 4.69) is 4.98 Å². The summed E-state index contributed by atoms with van der Waals surface area (Å²) in [4.78, 5) is 4.16. The fraction of sp³-hybridized carbons (Fsp3) is 0.267. The number of pyridine rings is 1. The Hall–Kier alpha value is -2.07. The standard InChI is InChI=1S/C15H18N2O2/c1-12-6-7-14(11-17-12)18-8-9-19-15-5-3-2-4-13(15)10-16/h2-7,11H,8-10,16H2,1H3. The van der Waals surface area contributed by atoms with Crippen LogP contribution in [-0.4, -0.2) is 18.2 Å². The molecule has 1 aromatic carbocycles. The summed E-state index contributed by atoms with van der Waals surface area (Å²) in [5.74, 6) is 1.57. The van der Waals surface area contributed by atoms with Crippen LogP contribution in [0.4, 0.5) is 0 Å². The molecule has 100 valence electrons. The van der Waals surface area contributed by atoms with E-state index in [0.717, 1.165) is 22.8 Å². The summed E-state index contributed by atoms with van der Waals surface area (Å²) in [7, 11) is 0. The van der Waals surface area contributed by atoms with Gasteiger partial charge in [-0.3, -0.25) is 4.98 Å². The lowest BCUT2D eigenvalue weighted by atomic mass is 10.2. The number of benzene rings is 1. The fourth-order valence-corrected chi connectivity index (χ4v) is 1.66. The maximum Gasteiger partial charge on any atom is 0.137 e. The van der Waals surface area contributed by atoms with Gasteiger partial charge in [-0.2, -0.15) is 0 Å². The van der Waals surface area contributed by atoms with Crippen molar-refractivity contribution < 1.29 is 9.47 Å². The Bertz CT molecular complexity index is 512. The normalized spacial score (nSPS) is 10.2. The third kappa shape index (κ3) is 3.96. The molecule has 2 rings (SSSR count). The summed E-state index contributed by atoms with van der Waals surface area (Å²) < 4.78 is 11.2. The maximum absolute atomic E-state index is 5.65. The van der Waals surface area contributed by atoms with Crippen molar-refractivity contribution in [1.82, 2.24) is 4.98 Å². The van der Waals surface area contributed by atoms with Gasteiger partial charge in [-0.25, -0.2) is 0 Å². The largest absolute Gasteiger partial charge is 0.490 e. The van der Waals surface area contributed by atoms with E-state index in [0.29, 0.717) is 19.8 Å². The molecule has 0 aliphatic rings. The first-order valence-electron chi connectivity index (χ1n) is 6.26. The summed E-state index contributed by atoms with van der Waals surface area (Å²) in [5, 5.41) is 0. The van der Waals surface area contributed by atoms with Gasteiger partial charge in [-0.05, 0) is 25.1 Å². The van der Waals surface area contributed by atoms with Crippen LogP contribution in [-0.2, 0) is 6.54 Å². The molecule has 0 saturated carbocycles. The molecule has 0 fully saturated rings. The number of aryl methyl sites for hydroxylation is 1. The van der Waals surface area contributed by atoms with E-state index in [9.17, 15) is 0 Å². The lowest BCUT2D eigenvalue weighted by Crippen LogP contribution is -2.11. The quantitative estimate of drug-likeness (QED) is 0.808. The highest BCUT2D eigenvalue weighted by Gasteiger charge is 2.00. The number of ether oxygens (including phenoxy) is 2. The second kappa shape index (κ2) is 6.75. The molecule has 1 aromatic heterocycles. The Balaban J connectivity index is 1.79. The molecule has 0 amide bonds. The van der Waals surface area contributed by atoms with Crippen molar-refractivity contribution in [2.75, 3.05) is 13.2 Å². The molecule has 0 bridgehead atoms. The molecule has 1 heterocycles. The van der Waals surface area contributed by atoms with Gasteiger partial charge in [0.05, 0.1) is 6.20 Å². The van der Waals surface area contributed by atoms with Gasteiger partial charge >= 0.3 is 0 Å². The third-order valence-electron chi connectivity index (χ3n) is 2.69. The Morgan fingerprint density at radius 3 is 2.58 bits per heavy atom. The summed E-state index contributed by atoms with van der Waals surface area (Å²) in [6, 6.07) is 11.6. The fourth-order valence-electron chi connectivity index (χ4n) is 1.66. The lowest BCUT2D eigenvalue weighted by molar-refractivity contribution is 0.215. The summed E-state index contributed by atoms with van der Waals surface area (Å²) in [6.45, 7) is 3.37. The van der Waals surface area contributed by atoms with Crippen molar-refractivity contribution >= 4 is 0 Å². The van der Waals surface area contributed by atoms with Crippen LogP contribution in [0.2, 0.25) is 0 Å². The van der Waals surface area contributed by atoms with Gasteiger partial charge < -0.3 is 15.2 Å². The predicted molar refractivity (Wildman–Crippen MR) is 74.3 cm³/mol. The van der Waals surface area contributed by atoms with Gasteiger partial charge in [0.25, 0.3) is 0 Å². The zero-order valence-corrected chi connectivity index (χ0v) is 11.0. The highest BCUT2D eigenvalue weighted by atomic mass is 16.5. The van der Waals surface area contributed by atoms with Crippen LogP contribution in [0.15, 0.2) is 42.6 Å². The number of nitrogens with zero attached hydrogens (tertiary/aromatic N) is 1. The van der Waals surface area contributed by atoms with Gasteiger partial charge in [-0.1, -0.05) is 18.2 Å². The summed E-state index contributed by atoms with van der Waals surface area (Å²) >= 11 is 0. The number of para-hydroxylation sites is 1. The van der Waals surface area contributed by atoms with Gasteiger partial charge in [0.15, 0.2) is 0 Å². The maximum atomic E-state index is 5.65. The topological polar surface area (TPSA) is 57.4 Å². The van der Waals surface area contributed by atoms with Crippen LogP contribution in [0.5, 0.6) is 11.5 Å². The first-order chi connectivity index (χ1) is 9.29. The van der Waals surface area contributed by atoms with Crippen molar-refractivity contribution in [2.24, 2.45) is 5.73 Å². The van der Waals surface area contributed by atoms with E-state index >= 15 is 0 Å². The van der Waals surface area contributed by atoms with Crippen LogP contribution >= 0.6 is 0 Å². The van der Waals surface area contributed by atoms with E-state index in [-0.39, 0.29) is 0 Å². The van der Waals surface area contributed by atoms with Crippen LogP contribution in [0.3, 0.4) is 0 Å². The predicted octanol–water partition coefficient (Wildman–Crippen LogP) is 2.31. The first kappa shape index (κ1) is 13.4. The molecule has 4 nitrogen and oxygen atoms in total. The van der Waals surface area contributed by atoms with Crippen LogP contribution in [0.25, 0.3) is 0 Å². The van der Waals surface area contributed by atoms with E-state index in [1.165, 1.54) is 0 Å². The van der Waals surface area contributed by atoms with Crippen molar-refractivity contribution in [2.45, 2.75) is 13.5 Å². The lowest BCUT2D eigenvalue weighted by Gasteiger charge is -2.11.